The Kier molecular flexibility index (Phi) is 5.01. The van der Waals surface area contributed by atoms with Crippen molar-refractivity contribution in [3.63, 3.8) is 0 Å². The lowest BCUT2D eigenvalue weighted by atomic mass is 9.89. The quantitative estimate of drug-likeness (QED) is 0.890. The van der Waals surface area contributed by atoms with E-state index in [2.05, 4.69) is 0 Å². The van der Waals surface area contributed by atoms with Gasteiger partial charge in [-0.15, -0.1) is 0 Å². The van der Waals surface area contributed by atoms with Crippen molar-refractivity contribution in [2.24, 2.45) is 5.73 Å². The van der Waals surface area contributed by atoms with Gasteiger partial charge in [0.25, 0.3) is 0 Å². The van der Waals surface area contributed by atoms with Crippen LogP contribution in [0.5, 0.6) is 5.75 Å². The number of aliphatic hydroxyl groups excluding tert-OH is 1. The van der Waals surface area contributed by atoms with Crippen molar-refractivity contribution in [3.05, 3.63) is 64.7 Å². The van der Waals surface area contributed by atoms with Crippen molar-refractivity contribution in [1.29, 1.82) is 0 Å². The SMILES string of the molecule is COc1ccc(C(CN)C(O)c2ccccc2Cl)cc1. The number of hydrogen-bond donors (Lipinski definition) is 2. The maximum atomic E-state index is 10.5. The molecule has 0 spiro atoms. The monoisotopic (exact) mass is 291 g/mol. The summed E-state index contributed by atoms with van der Waals surface area (Å²) in [6, 6.07) is 14.8. The van der Waals surface area contributed by atoms with Gasteiger partial charge in [0.05, 0.1) is 13.2 Å². The lowest BCUT2D eigenvalue weighted by molar-refractivity contribution is 0.147. The molecule has 106 valence electrons. The highest BCUT2D eigenvalue weighted by atomic mass is 35.5. The van der Waals surface area contributed by atoms with E-state index in [0.29, 0.717) is 17.1 Å². The van der Waals surface area contributed by atoms with E-state index < -0.39 is 6.10 Å². The normalized spacial score (nSPS) is 13.8. The van der Waals surface area contributed by atoms with Gasteiger partial charge in [0.1, 0.15) is 5.75 Å². The first kappa shape index (κ1) is 14.9. The fourth-order valence-electron chi connectivity index (χ4n) is 2.23. The summed E-state index contributed by atoms with van der Waals surface area (Å²) in [7, 11) is 1.62. The summed E-state index contributed by atoms with van der Waals surface area (Å²) in [5.41, 5.74) is 7.48. The van der Waals surface area contributed by atoms with Gasteiger partial charge in [-0.05, 0) is 29.3 Å². The summed E-state index contributed by atoms with van der Waals surface area (Å²) in [6.07, 6.45) is -0.734. The van der Waals surface area contributed by atoms with Gasteiger partial charge in [0.2, 0.25) is 0 Å². The van der Waals surface area contributed by atoms with Crippen LogP contribution in [-0.2, 0) is 0 Å². The molecule has 0 radical (unpaired) electrons. The van der Waals surface area contributed by atoms with Gasteiger partial charge in [-0.25, -0.2) is 0 Å². The van der Waals surface area contributed by atoms with Crippen LogP contribution in [0.2, 0.25) is 5.02 Å². The second kappa shape index (κ2) is 6.75. The van der Waals surface area contributed by atoms with Crippen molar-refractivity contribution in [1.82, 2.24) is 0 Å². The summed E-state index contributed by atoms with van der Waals surface area (Å²) in [5.74, 6) is 0.567. The van der Waals surface area contributed by atoms with Crippen LogP contribution in [0.25, 0.3) is 0 Å². The average Bonchev–Trinajstić information content (AvgIpc) is 2.49. The molecule has 0 aliphatic rings. The average molecular weight is 292 g/mol. The fourth-order valence-corrected chi connectivity index (χ4v) is 2.48. The number of methoxy groups -OCH3 is 1. The van der Waals surface area contributed by atoms with Crippen LogP contribution in [0.15, 0.2) is 48.5 Å². The summed E-state index contributed by atoms with van der Waals surface area (Å²) in [6.45, 7) is 0.332. The molecule has 2 atom stereocenters. The molecule has 2 aromatic carbocycles. The zero-order valence-corrected chi connectivity index (χ0v) is 12.0. The van der Waals surface area contributed by atoms with Crippen LogP contribution < -0.4 is 10.5 Å². The number of halogens is 1. The Morgan fingerprint density at radius 2 is 1.80 bits per heavy atom. The lowest BCUT2D eigenvalue weighted by Crippen LogP contribution is -2.20. The Bertz CT molecular complexity index is 557. The molecule has 0 saturated heterocycles. The third-order valence-corrected chi connectivity index (χ3v) is 3.75. The number of hydrogen-bond acceptors (Lipinski definition) is 3. The number of ether oxygens (including phenoxy) is 1. The van der Waals surface area contributed by atoms with Gasteiger partial charge < -0.3 is 15.6 Å². The van der Waals surface area contributed by atoms with Gasteiger partial charge in [-0.3, -0.25) is 0 Å². The summed E-state index contributed by atoms with van der Waals surface area (Å²) in [4.78, 5) is 0. The Morgan fingerprint density at radius 3 is 2.35 bits per heavy atom. The molecule has 3 nitrogen and oxygen atoms in total. The summed E-state index contributed by atoms with van der Waals surface area (Å²) >= 11 is 6.13. The van der Waals surface area contributed by atoms with E-state index in [9.17, 15) is 5.11 Å². The molecule has 2 aromatic rings. The molecule has 0 bridgehead atoms. The molecular formula is C16H18ClNO2. The van der Waals surface area contributed by atoms with Crippen molar-refractivity contribution >= 4 is 11.6 Å². The molecule has 0 saturated carbocycles. The molecule has 20 heavy (non-hydrogen) atoms. The van der Waals surface area contributed by atoms with E-state index in [1.54, 1.807) is 13.2 Å². The van der Waals surface area contributed by atoms with Crippen molar-refractivity contribution in [3.8, 4) is 5.75 Å². The zero-order chi connectivity index (χ0) is 14.5. The third-order valence-electron chi connectivity index (χ3n) is 3.40. The Balaban J connectivity index is 2.29. The van der Waals surface area contributed by atoms with Crippen LogP contribution in [0, 0.1) is 0 Å². The first-order valence-electron chi connectivity index (χ1n) is 6.44. The van der Waals surface area contributed by atoms with E-state index in [0.717, 1.165) is 11.3 Å². The molecular weight excluding hydrogens is 274 g/mol. The highest BCUT2D eigenvalue weighted by Crippen LogP contribution is 2.34. The minimum atomic E-state index is -0.734. The highest BCUT2D eigenvalue weighted by Gasteiger charge is 2.23. The van der Waals surface area contributed by atoms with Crippen molar-refractivity contribution < 1.29 is 9.84 Å². The molecule has 2 rings (SSSR count). The minimum absolute atomic E-state index is 0.208. The van der Waals surface area contributed by atoms with E-state index in [-0.39, 0.29) is 5.92 Å². The van der Waals surface area contributed by atoms with Crippen molar-refractivity contribution in [2.45, 2.75) is 12.0 Å². The smallest absolute Gasteiger partial charge is 0.118 e. The Morgan fingerprint density at radius 1 is 1.15 bits per heavy atom. The predicted molar refractivity (Wildman–Crippen MR) is 81.2 cm³/mol. The molecule has 0 aliphatic heterocycles. The maximum Gasteiger partial charge on any atom is 0.118 e. The third kappa shape index (κ3) is 3.12. The largest absolute Gasteiger partial charge is 0.497 e. The second-order valence-corrected chi connectivity index (χ2v) is 4.99. The number of rotatable bonds is 5. The number of nitrogens with two attached hydrogens (primary N) is 1. The number of benzene rings is 2. The van der Waals surface area contributed by atoms with Crippen molar-refractivity contribution in [2.75, 3.05) is 13.7 Å². The van der Waals surface area contributed by atoms with Crippen LogP contribution in [0.1, 0.15) is 23.1 Å². The minimum Gasteiger partial charge on any atom is -0.497 e. The van der Waals surface area contributed by atoms with Gasteiger partial charge in [-0.1, -0.05) is 41.9 Å². The molecule has 3 N–H and O–H groups in total. The van der Waals surface area contributed by atoms with Crippen LogP contribution >= 0.6 is 11.6 Å². The lowest BCUT2D eigenvalue weighted by Gasteiger charge is -2.23. The van der Waals surface area contributed by atoms with Crippen LogP contribution in [0.3, 0.4) is 0 Å². The van der Waals surface area contributed by atoms with Crippen LogP contribution in [0.4, 0.5) is 0 Å². The Labute approximate surface area is 123 Å². The second-order valence-electron chi connectivity index (χ2n) is 4.58. The van der Waals surface area contributed by atoms with Gasteiger partial charge in [0.15, 0.2) is 0 Å². The first-order chi connectivity index (χ1) is 9.67. The van der Waals surface area contributed by atoms with E-state index in [1.165, 1.54) is 0 Å². The summed E-state index contributed by atoms with van der Waals surface area (Å²) in [5, 5.41) is 11.1. The molecule has 4 heteroatoms. The Hall–Kier alpha value is -1.55. The van der Waals surface area contributed by atoms with E-state index in [4.69, 9.17) is 22.1 Å². The van der Waals surface area contributed by atoms with Gasteiger partial charge >= 0.3 is 0 Å². The zero-order valence-electron chi connectivity index (χ0n) is 11.3. The molecule has 0 amide bonds. The first-order valence-corrected chi connectivity index (χ1v) is 6.81. The fraction of sp³-hybridized carbons (Fsp3) is 0.250. The molecule has 0 aromatic heterocycles. The molecule has 0 fully saturated rings. The highest BCUT2D eigenvalue weighted by molar-refractivity contribution is 6.31. The molecule has 0 heterocycles. The van der Waals surface area contributed by atoms with Gasteiger partial charge in [0, 0.05) is 17.5 Å². The molecule has 2 unspecified atom stereocenters. The van der Waals surface area contributed by atoms with Crippen LogP contribution in [-0.4, -0.2) is 18.8 Å². The topological polar surface area (TPSA) is 55.5 Å². The van der Waals surface area contributed by atoms with Gasteiger partial charge in [-0.2, -0.15) is 0 Å². The molecule has 0 aliphatic carbocycles. The maximum absolute atomic E-state index is 10.5. The standard InChI is InChI=1S/C16H18ClNO2/c1-20-12-8-6-11(7-9-12)14(10-18)16(19)13-4-2-3-5-15(13)17/h2-9,14,16,19H,10,18H2,1H3. The van der Waals surface area contributed by atoms with E-state index >= 15 is 0 Å². The summed E-state index contributed by atoms with van der Waals surface area (Å²) < 4.78 is 5.13. The number of aliphatic hydroxyl groups is 1. The van der Waals surface area contributed by atoms with E-state index in [1.807, 2.05) is 42.5 Å². The predicted octanol–water partition coefficient (Wildman–Crippen LogP) is 3.12.